The molecule has 0 N–H and O–H groups in total. The fraction of sp³-hybridized carbons (Fsp3) is 0.600. The van der Waals surface area contributed by atoms with Crippen LogP contribution >= 0.6 is 11.6 Å². The van der Waals surface area contributed by atoms with Gasteiger partial charge in [-0.15, -0.1) is 11.6 Å². The van der Waals surface area contributed by atoms with E-state index in [-0.39, 0.29) is 0 Å². The quantitative estimate of drug-likeness (QED) is 0.730. The van der Waals surface area contributed by atoms with Gasteiger partial charge >= 0.3 is 0 Å². The molecule has 0 radical (unpaired) electrons. The topological polar surface area (TPSA) is 9.23 Å². The van der Waals surface area contributed by atoms with Crippen LogP contribution in [0.2, 0.25) is 0 Å². The van der Waals surface area contributed by atoms with Crippen molar-refractivity contribution in [3.63, 3.8) is 0 Å². The fourth-order valence-corrected chi connectivity index (χ4v) is 3.14. The van der Waals surface area contributed by atoms with Gasteiger partial charge in [-0.05, 0) is 54.9 Å². The van der Waals surface area contributed by atoms with Crippen LogP contribution in [0.5, 0.6) is 5.75 Å². The monoisotopic (exact) mass is 252 g/mol. The molecule has 2 unspecified atom stereocenters. The van der Waals surface area contributed by atoms with Crippen LogP contribution in [0.15, 0.2) is 18.2 Å². The molecule has 2 heteroatoms. The first kappa shape index (κ1) is 12.8. The third kappa shape index (κ3) is 2.95. The summed E-state index contributed by atoms with van der Waals surface area (Å²) in [4.78, 5) is 0. The minimum absolute atomic E-state index is 0.333. The van der Waals surface area contributed by atoms with Crippen molar-refractivity contribution in [3.05, 3.63) is 29.3 Å². The molecule has 0 fully saturated rings. The van der Waals surface area contributed by atoms with Crippen LogP contribution in [0.25, 0.3) is 0 Å². The van der Waals surface area contributed by atoms with E-state index in [1.165, 1.54) is 24.0 Å². The Morgan fingerprint density at radius 1 is 1.41 bits per heavy atom. The maximum Gasteiger partial charge on any atom is 0.119 e. The van der Waals surface area contributed by atoms with E-state index in [4.69, 9.17) is 16.3 Å². The average Bonchev–Trinajstić information content (AvgIpc) is 2.37. The Labute approximate surface area is 109 Å². The third-order valence-electron chi connectivity index (χ3n) is 3.76. The molecule has 1 aromatic rings. The van der Waals surface area contributed by atoms with Gasteiger partial charge in [0.25, 0.3) is 0 Å². The minimum atomic E-state index is 0.333. The standard InChI is InChI=1S/C15H21ClO/c1-3-4-15(16)12-6-5-11-7-8-14(17-2)10-13(11)9-12/h7-8,10,12,15H,3-6,9H2,1-2H3. The number of hydrogen-bond donors (Lipinski definition) is 0. The van der Waals surface area contributed by atoms with Crippen LogP contribution in [-0.4, -0.2) is 12.5 Å². The summed E-state index contributed by atoms with van der Waals surface area (Å²) in [5.41, 5.74) is 2.91. The van der Waals surface area contributed by atoms with Crippen LogP contribution in [0.3, 0.4) is 0 Å². The highest BCUT2D eigenvalue weighted by molar-refractivity contribution is 6.20. The van der Waals surface area contributed by atoms with Crippen LogP contribution in [0.4, 0.5) is 0 Å². The summed E-state index contributed by atoms with van der Waals surface area (Å²) in [7, 11) is 1.73. The summed E-state index contributed by atoms with van der Waals surface area (Å²) in [6.45, 7) is 2.20. The van der Waals surface area contributed by atoms with Crippen molar-refractivity contribution in [3.8, 4) is 5.75 Å². The van der Waals surface area contributed by atoms with Crippen molar-refractivity contribution in [2.45, 2.75) is 44.4 Å². The Balaban J connectivity index is 2.11. The number of alkyl halides is 1. The Kier molecular flexibility index (Phi) is 4.33. The zero-order valence-corrected chi connectivity index (χ0v) is 11.5. The van der Waals surface area contributed by atoms with Crippen molar-refractivity contribution >= 4 is 11.6 Å². The molecule has 1 aromatic carbocycles. The number of fused-ring (bicyclic) bond motifs is 1. The van der Waals surface area contributed by atoms with Crippen molar-refractivity contribution in [1.29, 1.82) is 0 Å². The number of aryl methyl sites for hydroxylation is 1. The molecule has 1 nitrogen and oxygen atoms in total. The zero-order valence-electron chi connectivity index (χ0n) is 10.7. The Hall–Kier alpha value is -0.690. The van der Waals surface area contributed by atoms with Gasteiger partial charge in [0.05, 0.1) is 7.11 Å². The predicted molar refractivity (Wildman–Crippen MR) is 73.1 cm³/mol. The lowest BCUT2D eigenvalue weighted by Crippen LogP contribution is -2.23. The summed E-state index contributed by atoms with van der Waals surface area (Å²) in [5, 5.41) is 0.333. The highest BCUT2D eigenvalue weighted by atomic mass is 35.5. The first-order valence-electron chi connectivity index (χ1n) is 6.54. The molecule has 0 aromatic heterocycles. The first-order valence-corrected chi connectivity index (χ1v) is 6.98. The number of benzene rings is 1. The van der Waals surface area contributed by atoms with Crippen molar-refractivity contribution in [2.24, 2.45) is 5.92 Å². The van der Waals surface area contributed by atoms with Crippen molar-refractivity contribution in [2.75, 3.05) is 7.11 Å². The molecule has 0 spiro atoms. The number of ether oxygens (including phenoxy) is 1. The molecule has 0 aliphatic heterocycles. The van der Waals surface area contributed by atoms with Gasteiger partial charge < -0.3 is 4.74 Å². The first-order chi connectivity index (χ1) is 8.24. The molecule has 0 saturated heterocycles. The lowest BCUT2D eigenvalue weighted by Gasteiger charge is -2.28. The molecule has 1 aliphatic rings. The highest BCUT2D eigenvalue weighted by Gasteiger charge is 2.24. The van der Waals surface area contributed by atoms with Gasteiger partial charge in [-0.2, -0.15) is 0 Å². The van der Waals surface area contributed by atoms with Crippen LogP contribution in [0.1, 0.15) is 37.3 Å². The van der Waals surface area contributed by atoms with E-state index in [2.05, 4.69) is 25.1 Å². The van der Waals surface area contributed by atoms with Crippen molar-refractivity contribution in [1.82, 2.24) is 0 Å². The largest absolute Gasteiger partial charge is 0.497 e. The van der Waals surface area contributed by atoms with Gasteiger partial charge in [0.1, 0.15) is 5.75 Å². The van der Waals surface area contributed by atoms with Crippen LogP contribution in [0, 0.1) is 5.92 Å². The predicted octanol–water partition coefficient (Wildman–Crippen LogP) is 4.21. The van der Waals surface area contributed by atoms with E-state index in [9.17, 15) is 0 Å². The SMILES string of the molecule is CCCC(Cl)C1CCc2ccc(OC)cc2C1. The third-order valence-corrected chi connectivity index (χ3v) is 4.33. The van der Waals surface area contributed by atoms with Gasteiger partial charge in [-0.25, -0.2) is 0 Å². The van der Waals surface area contributed by atoms with Gasteiger partial charge in [0.15, 0.2) is 0 Å². The average molecular weight is 253 g/mol. The molecule has 2 rings (SSSR count). The normalized spacial score (nSPS) is 20.8. The molecule has 2 atom stereocenters. The van der Waals surface area contributed by atoms with E-state index in [0.29, 0.717) is 11.3 Å². The van der Waals surface area contributed by atoms with Crippen LogP contribution < -0.4 is 4.74 Å². The summed E-state index contributed by atoms with van der Waals surface area (Å²) in [6, 6.07) is 6.44. The zero-order chi connectivity index (χ0) is 12.3. The van der Waals surface area contributed by atoms with Crippen molar-refractivity contribution < 1.29 is 4.74 Å². The molecule has 17 heavy (non-hydrogen) atoms. The lowest BCUT2D eigenvalue weighted by atomic mass is 9.81. The maximum atomic E-state index is 6.47. The molecule has 0 saturated carbocycles. The number of hydrogen-bond acceptors (Lipinski definition) is 1. The molecular weight excluding hydrogens is 232 g/mol. The molecule has 94 valence electrons. The van der Waals surface area contributed by atoms with E-state index in [0.717, 1.165) is 25.0 Å². The van der Waals surface area contributed by atoms with E-state index in [1.54, 1.807) is 7.11 Å². The van der Waals surface area contributed by atoms with Gasteiger partial charge in [-0.1, -0.05) is 19.4 Å². The second-order valence-electron chi connectivity index (χ2n) is 4.94. The summed E-state index contributed by atoms with van der Waals surface area (Å²) in [5.74, 6) is 1.60. The summed E-state index contributed by atoms with van der Waals surface area (Å²) in [6.07, 6.45) is 5.81. The fourth-order valence-electron chi connectivity index (χ4n) is 2.71. The van der Waals surface area contributed by atoms with E-state index >= 15 is 0 Å². The number of methoxy groups -OCH3 is 1. The summed E-state index contributed by atoms with van der Waals surface area (Å²) < 4.78 is 5.29. The number of rotatable bonds is 4. The smallest absolute Gasteiger partial charge is 0.119 e. The van der Waals surface area contributed by atoms with Gasteiger partial charge in [0.2, 0.25) is 0 Å². The molecule has 0 amide bonds. The molecule has 0 bridgehead atoms. The second-order valence-corrected chi connectivity index (χ2v) is 5.50. The number of halogens is 1. The molecular formula is C15H21ClO. The Bertz CT molecular complexity index is 375. The molecule has 1 aliphatic carbocycles. The van der Waals surface area contributed by atoms with E-state index in [1.807, 2.05) is 0 Å². The van der Waals surface area contributed by atoms with Gasteiger partial charge in [-0.3, -0.25) is 0 Å². The van der Waals surface area contributed by atoms with Gasteiger partial charge in [0, 0.05) is 5.38 Å². The maximum absolute atomic E-state index is 6.47. The minimum Gasteiger partial charge on any atom is -0.497 e. The lowest BCUT2D eigenvalue weighted by molar-refractivity contribution is 0.403. The van der Waals surface area contributed by atoms with E-state index < -0.39 is 0 Å². The highest BCUT2D eigenvalue weighted by Crippen LogP contribution is 2.33. The second kappa shape index (κ2) is 5.77. The Morgan fingerprint density at radius 3 is 2.94 bits per heavy atom. The summed E-state index contributed by atoms with van der Waals surface area (Å²) >= 11 is 6.47. The molecule has 0 heterocycles. The van der Waals surface area contributed by atoms with Crippen LogP contribution in [-0.2, 0) is 12.8 Å². The Morgan fingerprint density at radius 2 is 2.24 bits per heavy atom.